The number of rotatable bonds is 5. The molecule has 0 unspecified atom stereocenters. The highest BCUT2D eigenvalue weighted by Crippen LogP contribution is 2.26. The summed E-state index contributed by atoms with van der Waals surface area (Å²) < 4.78 is 6.91. The number of nitro groups is 1. The van der Waals surface area contributed by atoms with Gasteiger partial charge in [-0.1, -0.05) is 32.9 Å². The molecular formula is C20H25N5O5. The summed E-state index contributed by atoms with van der Waals surface area (Å²) in [5, 5.41) is 18.2. The Bertz CT molecular complexity index is 978. The number of hydrazine groups is 1. The fourth-order valence-corrected chi connectivity index (χ4v) is 3.19. The predicted octanol–water partition coefficient (Wildman–Crippen LogP) is 2.29. The van der Waals surface area contributed by atoms with Gasteiger partial charge in [-0.3, -0.25) is 24.4 Å². The van der Waals surface area contributed by atoms with Gasteiger partial charge in [0.25, 0.3) is 11.8 Å². The van der Waals surface area contributed by atoms with Crippen LogP contribution in [0.4, 0.5) is 5.69 Å². The maximum atomic E-state index is 13.1. The smallest absolute Gasteiger partial charge is 0.310 e. The van der Waals surface area contributed by atoms with Crippen LogP contribution in [0.2, 0.25) is 0 Å². The van der Waals surface area contributed by atoms with Gasteiger partial charge in [-0.05, 0) is 18.6 Å². The number of ether oxygens (including phenoxy) is 1. The summed E-state index contributed by atoms with van der Waals surface area (Å²) in [6.45, 7) is 6.38. The van der Waals surface area contributed by atoms with E-state index in [9.17, 15) is 19.7 Å². The third-order valence-electron chi connectivity index (χ3n) is 4.83. The fourth-order valence-electron chi connectivity index (χ4n) is 3.19. The Morgan fingerprint density at radius 1 is 1.20 bits per heavy atom. The van der Waals surface area contributed by atoms with Crippen LogP contribution in [0.15, 0.2) is 30.3 Å². The minimum Gasteiger partial charge on any atom is -0.477 e. The van der Waals surface area contributed by atoms with Gasteiger partial charge in [0.15, 0.2) is 12.4 Å². The quantitative estimate of drug-likeness (QED) is 0.547. The van der Waals surface area contributed by atoms with E-state index in [2.05, 4.69) is 5.10 Å². The van der Waals surface area contributed by atoms with Gasteiger partial charge in [-0.25, -0.2) is 10.0 Å². The molecular weight excluding hydrogens is 390 g/mol. The van der Waals surface area contributed by atoms with Crippen molar-refractivity contribution in [1.29, 1.82) is 0 Å². The molecule has 10 nitrogen and oxygen atoms in total. The largest absolute Gasteiger partial charge is 0.477 e. The van der Waals surface area contributed by atoms with Crippen molar-refractivity contribution >= 4 is 17.5 Å². The van der Waals surface area contributed by atoms with Crippen LogP contribution >= 0.6 is 0 Å². The number of aromatic nitrogens is 2. The standard InChI is InChI=1S/C20H25N5O5/c1-20(2,3)17-12-15(22(4)21-17)19(27)24-11-7-10-23(24)18(26)13-30-16-9-6-5-8-14(16)25(28)29/h5-6,8-9,12H,7,10-11,13H2,1-4H3. The molecule has 1 aromatic heterocycles. The van der Waals surface area contributed by atoms with Crippen molar-refractivity contribution in [3.8, 4) is 5.75 Å². The lowest BCUT2D eigenvalue weighted by Gasteiger charge is -2.27. The molecule has 0 spiro atoms. The Morgan fingerprint density at radius 2 is 1.87 bits per heavy atom. The van der Waals surface area contributed by atoms with E-state index in [-0.39, 0.29) is 22.8 Å². The first-order valence-corrected chi connectivity index (χ1v) is 9.62. The Kier molecular flexibility index (Phi) is 5.77. The van der Waals surface area contributed by atoms with Gasteiger partial charge in [-0.15, -0.1) is 0 Å². The molecule has 1 fully saturated rings. The molecule has 3 rings (SSSR count). The minimum atomic E-state index is -0.569. The van der Waals surface area contributed by atoms with Crippen LogP contribution in [0.5, 0.6) is 5.75 Å². The zero-order valence-electron chi connectivity index (χ0n) is 17.5. The summed E-state index contributed by atoms with van der Waals surface area (Å²) >= 11 is 0. The summed E-state index contributed by atoms with van der Waals surface area (Å²) in [7, 11) is 1.70. The summed E-state index contributed by atoms with van der Waals surface area (Å²) in [4.78, 5) is 36.3. The topological polar surface area (TPSA) is 111 Å². The first-order chi connectivity index (χ1) is 14.1. The van der Waals surface area contributed by atoms with Crippen molar-refractivity contribution in [2.75, 3.05) is 19.7 Å². The predicted molar refractivity (Wildman–Crippen MR) is 108 cm³/mol. The molecule has 30 heavy (non-hydrogen) atoms. The Hall–Kier alpha value is -3.43. The van der Waals surface area contributed by atoms with Gasteiger partial charge in [0.2, 0.25) is 0 Å². The third-order valence-corrected chi connectivity index (χ3v) is 4.83. The van der Waals surface area contributed by atoms with E-state index in [0.29, 0.717) is 25.2 Å². The molecule has 0 bridgehead atoms. The molecule has 0 atom stereocenters. The summed E-state index contributed by atoms with van der Waals surface area (Å²) in [5.74, 6) is -0.761. The van der Waals surface area contributed by atoms with E-state index in [0.717, 1.165) is 5.69 Å². The molecule has 1 saturated heterocycles. The highest BCUT2D eigenvalue weighted by molar-refractivity contribution is 5.94. The monoisotopic (exact) mass is 415 g/mol. The minimum absolute atomic E-state index is 0.00868. The van der Waals surface area contributed by atoms with Crippen molar-refractivity contribution in [2.24, 2.45) is 7.05 Å². The van der Waals surface area contributed by atoms with Gasteiger partial charge in [-0.2, -0.15) is 5.10 Å². The average Bonchev–Trinajstić information content (AvgIpc) is 3.32. The molecule has 1 aliphatic heterocycles. The summed E-state index contributed by atoms with van der Waals surface area (Å²) in [6, 6.07) is 7.59. The van der Waals surface area contributed by atoms with Crippen LogP contribution < -0.4 is 4.74 Å². The second-order valence-electron chi connectivity index (χ2n) is 8.10. The van der Waals surface area contributed by atoms with Crippen molar-refractivity contribution < 1.29 is 19.2 Å². The molecule has 160 valence electrons. The van der Waals surface area contributed by atoms with Crippen LogP contribution in [-0.2, 0) is 17.3 Å². The Balaban J connectivity index is 1.73. The number of hydrogen-bond donors (Lipinski definition) is 0. The van der Waals surface area contributed by atoms with Crippen molar-refractivity contribution in [3.63, 3.8) is 0 Å². The second kappa shape index (κ2) is 8.13. The number of benzene rings is 1. The van der Waals surface area contributed by atoms with Gasteiger partial charge in [0.05, 0.1) is 10.6 Å². The molecule has 2 aromatic rings. The first-order valence-electron chi connectivity index (χ1n) is 9.62. The maximum absolute atomic E-state index is 13.1. The third kappa shape index (κ3) is 4.27. The Morgan fingerprint density at radius 3 is 2.50 bits per heavy atom. The van der Waals surface area contributed by atoms with E-state index in [1.165, 1.54) is 32.9 Å². The zero-order valence-corrected chi connectivity index (χ0v) is 17.5. The second-order valence-corrected chi connectivity index (χ2v) is 8.10. The van der Waals surface area contributed by atoms with E-state index in [4.69, 9.17) is 4.74 Å². The highest BCUT2D eigenvalue weighted by Gasteiger charge is 2.34. The molecule has 0 N–H and O–H groups in total. The van der Waals surface area contributed by atoms with Gasteiger partial charge >= 0.3 is 5.69 Å². The normalized spacial score (nSPS) is 14.1. The van der Waals surface area contributed by atoms with E-state index in [1.807, 2.05) is 20.8 Å². The van der Waals surface area contributed by atoms with E-state index < -0.39 is 17.4 Å². The number of carbonyl (C=O) groups is 2. The zero-order chi connectivity index (χ0) is 22.1. The summed E-state index contributed by atoms with van der Waals surface area (Å²) in [5.41, 5.74) is 0.739. The molecule has 2 heterocycles. The lowest BCUT2D eigenvalue weighted by atomic mass is 9.92. The van der Waals surface area contributed by atoms with E-state index >= 15 is 0 Å². The first kappa shape index (κ1) is 21.3. The number of aryl methyl sites for hydroxylation is 1. The lowest BCUT2D eigenvalue weighted by Crippen LogP contribution is -2.47. The van der Waals surface area contributed by atoms with Gasteiger partial charge < -0.3 is 4.74 Å². The van der Waals surface area contributed by atoms with Crippen LogP contribution in [0, 0.1) is 10.1 Å². The Labute approximate surface area is 174 Å². The van der Waals surface area contributed by atoms with Gasteiger partial charge in [0.1, 0.15) is 5.69 Å². The van der Waals surface area contributed by atoms with Crippen LogP contribution in [0.3, 0.4) is 0 Å². The van der Waals surface area contributed by atoms with Crippen LogP contribution in [0.25, 0.3) is 0 Å². The molecule has 1 aliphatic rings. The number of carbonyl (C=O) groups excluding carboxylic acids is 2. The number of hydrogen-bond acceptors (Lipinski definition) is 6. The lowest BCUT2D eigenvalue weighted by molar-refractivity contribution is -0.385. The van der Waals surface area contributed by atoms with E-state index in [1.54, 1.807) is 19.2 Å². The number of para-hydroxylation sites is 2. The number of amides is 2. The average molecular weight is 415 g/mol. The highest BCUT2D eigenvalue weighted by atomic mass is 16.6. The molecule has 0 saturated carbocycles. The maximum Gasteiger partial charge on any atom is 0.310 e. The van der Waals surface area contributed by atoms with Crippen molar-refractivity contribution in [3.05, 3.63) is 51.8 Å². The SMILES string of the molecule is Cn1nc(C(C)(C)C)cc1C(=O)N1CCCN1C(=O)COc1ccccc1[N+](=O)[O-]. The number of nitro benzene ring substituents is 1. The van der Waals surface area contributed by atoms with Crippen LogP contribution in [0.1, 0.15) is 43.4 Å². The van der Waals surface area contributed by atoms with Crippen LogP contribution in [-0.4, -0.2) is 56.2 Å². The fraction of sp³-hybridized carbons (Fsp3) is 0.450. The van der Waals surface area contributed by atoms with Crippen molar-refractivity contribution in [2.45, 2.75) is 32.6 Å². The molecule has 0 radical (unpaired) electrons. The number of nitrogens with zero attached hydrogens (tertiary/aromatic N) is 5. The van der Waals surface area contributed by atoms with Gasteiger partial charge in [0, 0.05) is 31.6 Å². The van der Waals surface area contributed by atoms with Crippen molar-refractivity contribution in [1.82, 2.24) is 19.8 Å². The molecule has 1 aromatic carbocycles. The summed E-state index contributed by atoms with van der Waals surface area (Å²) in [6.07, 6.45) is 0.632. The molecule has 2 amide bonds. The molecule has 0 aliphatic carbocycles. The molecule has 10 heteroatoms.